The van der Waals surface area contributed by atoms with Crippen LogP contribution in [-0.4, -0.2) is 28.9 Å². The number of hydrogen-bond acceptors (Lipinski definition) is 6. The third kappa shape index (κ3) is 4.46. The van der Waals surface area contributed by atoms with Crippen molar-refractivity contribution >= 4 is 35.0 Å². The van der Waals surface area contributed by atoms with Gasteiger partial charge in [-0.2, -0.15) is 4.98 Å². The van der Waals surface area contributed by atoms with Gasteiger partial charge in [0, 0.05) is 17.8 Å². The van der Waals surface area contributed by atoms with Crippen molar-refractivity contribution in [3.05, 3.63) is 69.5 Å². The highest BCUT2D eigenvalue weighted by Gasteiger charge is 2.34. The molecule has 2 amide bonds. The molecular formula is C23H23N5O4. The van der Waals surface area contributed by atoms with Crippen LogP contribution in [0.1, 0.15) is 29.0 Å². The Morgan fingerprint density at radius 3 is 2.41 bits per heavy atom. The van der Waals surface area contributed by atoms with Crippen LogP contribution >= 0.6 is 0 Å². The van der Waals surface area contributed by atoms with Crippen molar-refractivity contribution < 1.29 is 14.3 Å². The SMILES string of the molecule is COc1ccc(Nc2nc3c(c(=O)[nH]2)[C@H](C(=O)Nc2cc(C)cc(C)c2)CC(=O)N3)cc1. The zero-order valence-electron chi connectivity index (χ0n) is 17.9. The van der Waals surface area contributed by atoms with Crippen molar-refractivity contribution in [3.63, 3.8) is 0 Å². The third-order valence-corrected chi connectivity index (χ3v) is 5.11. The van der Waals surface area contributed by atoms with E-state index in [1.54, 1.807) is 31.4 Å². The van der Waals surface area contributed by atoms with Gasteiger partial charge in [0.25, 0.3) is 5.56 Å². The highest BCUT2D eigenvalue weighted by Crippen LogP contribution is 2.30. The molecule has 0 fully saturated rings. The molecule has 0 saturated heterocycles. The molecule has 32 heavy (non-hydrogen) atoms. The van der Waals surface area contributed by atoms with Crippen LogP contribution in [-0.2, 0) is 9.59 Å². The van der Waals surface area contributed by atoms with Crippen LogP contribution in [0.15, 0.2) is 47.3 Å². The first-order valence-electron chi connectivity index (χ1n) is 10.1. The van der Waals surface area contributed by atoms with Crippen LogP contribution in [0.2, 0.25) is 0 Å². The fraction of sp³-hybridized carbons (Fsp3) is 0.217. The van der Waals surface area contributed by atoms with E-state index in [1.165, 1.54) is 0 Å². The molecule has 0 unspecified atom stereocenters. The lowest BCUT2D eigenvalue weighted by molar-refractivity contribution is -0.123. The number of rotatable bonds is 5. The van der Waals surface area contributed by atoms with Crippen LogP contribution < -0.4 is 26.2 Å². The summed E-state index contributed by atoms with van der Waals surface area (Å²) in [6.07, 6.45) is -0.139. The number of nitrogens with one attached hydrogen (secondary N) is 4. The molecule has 0 aliphatic carbocycles. The number of nitrogens with zero attached hydrogens (tertiary/aromatic N) is 1. The summed E-state index contributed by atoms with van der Waals surface area (Å²) < 4.78 is 5.13. The minimum Gasteiger partial charge on any atom is -0.497 e. The van der Waals surface area contributed by atoms with Gasteiger partial charge in [0.2, 0.25) is 17.8 Å². The minimum atomic E-state index is -0.953. The van der Waals surface area contributed by atoms with Crippen LogP contribution in [0.3, 0.4) is 0 Å². The largest absolute Gasteiger partial charge is 0.497 e. The maximum Gasteiger partial charge on any atom is 0.258 e. The number of amides is 2. The zero-order valence-corrected chi connectivity index (χ0v) is 17.9. The standard InChI is InChI=1S/C23H23N5O4/c1-12-8-13(2)10-15(9-12)24-21(30)17-11-18(29)26-20-19(17)22(31)28-23(27-20)25-14-4-6-16(32-3)7-5-14/h4-10,17H,11H2,1-3H3,(H,24,30)(H3,25,26,27,28,29,31)/t17-/m1/s1. The van der Waals surface area contributed by atoms with Gasteiger partial charge in [-0.25, -0.2) is 0 Å². The number of fused-ring (bicyclic) bond motifs is 1. The molecule has 0 saturated carbocycles. The van der Waals surface area contributed by atoms with Gasteiger partial charge in [-0.05, 0) is 61.4 Å². The fourth-order valence-corrected chi connectivity index (χ4v) is 3.74. The normalized spacial score (nSPS) is 14.8. The first-order valence-corrected chi connectivity index (χ1v) is 10.1. The number of aryl methyl sites for hydroxylation is 2. The average molecular weight is 433 g/mol. The number of methoxy groups -OCH3 is 1. The maximum atomic E-state index is 13.0. The quantitative estimate of drug-likeness (QED) is 0.490. The molecule has 9 heteroatoms. The van der Waals surface area contributed by atoms with E-state index in [0.29, 0.717) is 17.1 Å². The lowest BCUT2D eigenvalue weighted by Crippen LogP contribution is -2.36. The molecule has 0 bridgehead atoms. The number of anilines is 4. The van der Waals surface area contributed by atoms with E-state index in [0.717, 1.165) is 11.1 Å². The van der Waals surface area contributed by atoms with Gasteiger partial charge in [0.1, 0.15) is 11.6 Å². The van der Waals surface area contributed by atoms with Crippen molar-refractivity contribution in [2.24, 2.45) is 0 Å². The first kappa shape index (κ1) is 21.1. The highest BCUT2D eigenvalue weighted by atomic mass is 16.5. The van der Waals surface area contributed by atoms with E-state index >= 15 is 0 Å². The van der Waals surface area contributed by atoms with Gasteiger partial charge < -0.3 is 20.7 Å². The Morgan fingerprint density at radius 1 is 1.06 bits per heavy atom. The van der Waals surface area contributed by atoms with Crippen LogP contribution in [0.4, 0.5) is 23.1 Å². The Bertz CT molecular complexity index is 1230. The van der Waals surface area contributed by atoms with Gasteiger partial charge in [-0.3, -0.25) is 19.4 Å². The molecule has 0 radical (unpaired) electrons. The van der Waals surface area contributed by atoms with E-state index in [-0.39, 0.29) is 29.7 Å². The van der Waals surface area contributed by atoms with Crippen molar-refractivity contribution in [1.29, 1.82) is 0 Å². The molecule has 1 aliphatic rings. The van der Waals surface area contributed by atoms with E-state index in [1.807, 2.05) is 32.0 Å². The Balaban J connectivity index is 1.62. The summed E-state index contributed by atoms with van der Waals surface area (Å²) in [5.41, 5.74) is 2.91. The number of benzene rings is 2. The number of carbonyl (C=O) groups is 2. The molecule has 2 heterocycles. The Kier molecular flexibility index (Phi) is 5.63. The molecule has 164 valence electrons. The minimum absolute atomic E-state index is 0.0709. The predicted octanol–water partition coefficient (Wildman–Crippen LogP) is 3.20. The monoisotopic (exact) mass is 433 g/mol. The summed E-state index contributed by atoms with van der Waals surface area (Å²) in [5, 5.41) is 8.41. The number of H-pyrrole nitrogens is 1. The molecule has 1 atom stereocenters. The van der Waals surface area contributed by atoms with E-state index in [4.69, 9.17) is 4.74 Å². The maximum absolute atomic E-state index is 13.0. The first-order chi connectivity index (χ1) is 15.3. The van der Waals surface area contributed by atoms with Crippen LogP contribution in [0.5, 0.6) is 5.75 Å². The van der Waals surface area contributed by atoms with E-state index in [2.05, 4.69) is 25.9 Å². The summed E-state index contributed by atoms with van der Waals surface area (Å²) in [6, 6.07) is 12.7. The predicted molar refractivity (Wildman–Crippen MR) is 122 cm³/mol. The van der Waals surface area contributed by atoms with Gasteiger partial charge >= 0.3 is 0 Å². The highest BCUT2D eigenvalue weighted by molar-refractivity contribution is 6.04. The summed E-state index contributed by atoms with van der Waals surface area (Å²) in [6.45, 7) is 3.86. The number of aromatic amines is 1. The molecule has 3 aromatic rings. The molecule has 9 nitrogen and oxygen atoms in total. The smallest absolute Gasteiger partial charge is 0.258 e. The number of aromatic nitrogens is 2. The molecule has 1 aliphatic heterocycles. The van der Waals surface area contributed by atoms with E-state index < -0.39 is 17.4 Å². The van der Waals surface area contributed by atoms with Crippen molar-refractivity contribution in [2.45, 2.75) is 26.2 Å². The average Bonchev–Trinajstić information content (AvgIpc) is 2.72. The zero-order chi connectivity index (χ0) is 22.8. The molecule has 0 spiro atoms. The fourth-order valence-electron chi connectivity index (χ4n) is 3.74. The summed E-state index contributed by atoms with van der Waals surface area (Å²) in [7, 11) is 1.57. The summed E-state index contributed by atoms with van der Waals surface area (Å²) >= 11 is 0. The number of ether oxygens (including phenoxy) is 1. The molecular weight excluding hydrogens is 410 g/mol. The van der Waals surface area contributed by atoms with Gasteiger partial charge in [0.05, 0.1) is 18.6 Å². The Labute approximate surface area is 184 Å². The van der Waals surface area contributed by atoms with Crippen LogP contribution in [0.25, 0.3) is 0 Å². The second-order valence-corrected chi connectivity index (χ2v) is 7.70. The summed E-state index contributed by atoms with van der Waals surface area (Å²) in [4.78, 5) is 45.1. The number of carbonyl (C=O) groups excluding carboxylic acids is 2. The molecule has 1 aromatic heterocycles. The van der Waals surface area contributed by atoms with Crippen molar-refractivity contribution in [1.82, 2.24) is 9.97 Å². The molecule has 2 aromatic carbocycles. The lowest BCUT2D eigenvalue weighted by atomic mass is 9.92. The van der Waals surface area contributed by atoms with Crippen molar-refractivity contribution in [3.8, 4) is 5.75 Å². The van der Waals surface area contributed by atoms with E-state index in [9.17, 15) is 14.4 Å². The Hall–Kier alpha value is -4.14. The lowest BCUT2D eigenvalue weighted by Gasteiger charge is -2.24. The second-order valence-electron chi connectivity index (χ2n) is 7.70. The second kappa shape index (κ2) is 8.54. The Morgan fingerprint density at radius 2 is 1.75 bits per heavy atom. The van der Waals surface area contributed by atoms with Gasteiger partial charge in [-0.1, -0.05) is 6.07 Å². The molecule has 4 rings (SSSR count). The number of hydrogen-bond donors (Lipinski definition) is 4. The topological polar surface area (TPSA) is 125 Å². The van der Waals surface area contributed by atoms with Gasteiger partial charge in [0.15, 0.2) is 0 Å². The van der Waals surface area contributed by atoms with Crippen LogP contribution in [0, 0.1) is 13.8 Å². The third-order valence-electron chi connectivity index (χ3n) is 5.11. The van der Waals surface area contributed by atoms with Gasteiger partial charge in [-0.15, -0.1) is 0 Å². The molecule has 4 N–H and O–H groups in total. The summed E-state index contributed by atoms with van der Waals surface area (Å²) in [5.74, 6) is -0.866. The van der Waals surface area contributed by atoms with Crippen molar-refractivity contribution in [2.75, 3.05) is 23.1 Å².